The van der Waals surface area contributed by atoms with Gasteiger partial charge in [-0.2, -0.15) is 0 Å². The molecule has 6 heteroatoms. The van der Waals surface area contributed by atoms with Gasteiger partial charge in [0.1, 0.15) is 12.4 Å². The van der Waals surface area contributed by atoms with Gasteiger partial charge in [0.2, 0.25) is 0 Å². The number of ether oxygens (including phenoxy) is 2. The fraction of sp³-hybridized carbons (Fsp3) is 0.190. The first-order valence-corrected chi connectivity index (χ1v) is 9.26. The van der Waals surface area contributed by atoms with E-state index in [1.54, 1.807) is 26.2 Å². The molecule has 0 unspecified atom stereocenters. The summed E-state index contributed by atoms with van der Waals surface area (Å²) in [5, 5.41) is 4.69. The highest BCUT2D eigenvalue weighted by atomic mass is 32.1. The lowest BCUT2D eigenvalue weighted by molar-refractivity contribution is 0.103. The van der Waals surface area contributed by atoms with E-state index < -0.39 is 0 Å². The van der Waals surface area contributed by atoms with Gasteiger partial charge in [-0.05, 0) is 66.8 Å². The van der Waals surface area contributed by atoms with Crippen LogP contribution in [-0.4, -0.2) is 13.0 Å². The summed E-state index contributed by atoms with van der Waals surface area (Å²) in [6.45, 7) is 4.07. The van der Waals surface area contributed by atoms with E-state index in [9.17, 15) is 9.18 Å². The minimum absolute atomic E-state index is 0.228. The molecular weight excluding hydrogens is 365 g/mol. The van der Waals surface area contributed by atoms with Crippen LogP contribution in [0.3, 0.4) is 0 Å². The Morgan fingerprint density at radius 2 is 1.93 bits per heavy atom. The molecule has 3 rings (SSSR count). The van der Waals surface area contributed by atoms with Crippen LogP contribution in [0.1, 0.15) is 26.4 Å². The van der Waals surface area contributed by atoms with Crippen LogP contribution in [0.2, 0.25) is 0 Å². The quantitative estimate of drug-likeness (QED) is 0.623. The predicted octanol–water partition coefficient (Wildman–Crippen LogP) is 5.34. The number of carbonyl (C=O) groups is 1. The van der Waals surface area contributed by atoms with Gasteiger partial charge in [-0.15, -0.1) is 11.3 Å². The molecule has 0 aliphatic heterocycles. The molecule has 1 heterocycles. The number of hydrogen-bond donors (Lipinski definition) is 1. The van der Waals surface area contributed by atoms with Crippen molar-refractivity contribution in [2.45, 2.75) is 20.5 Å². The van der Waals surface area contributed by atoms with Crippen LogP contribution >= 0.6 is 11.3 Å². The van der Waals surface area contributed by atoms with Crippen LogP contribution in [0, 0.1) is 19.7 Å². The van der Waals surface area contributed by atoms with E-state index in [0.717, 1.165) is 11.1 Å². The molecule has 2 aromatic carbocycles. The molecule has 0 aliphatic carbocycles. The second kappa shape index (κ2) is 8.22. The molecule has 0 aliphatic rings. The van der Waals surface area contributed by atoms with Gasteiger partial charge < -0.3 is 14.8 Å². The first-order chi connectivity index (χ1) is 13.0. The molecule has 1 aromatic heterocycles. The Morgan fingerprint density at radius 1 is 1.11 bits per heavy atom. The van der Waals surface area contributed by atoms with Gasteiger partial charge in [-0.25, -0.2) is 4.39 Å². The molecule has 27 heavy (non-hydrogen) atoms. The van der Waals surface area contributed by atoms with E-state index in [4.69, 9.17) is 9.47 Å². The summed E-state index contributed by atoms with van der Waals surface area (Å²) in [5.74, 6) is 0.777. The second-order valence-electron chi connectivity index (χ2n) is 6.18. The number of amides is 1. The number of aryl methyl sites for hydroxylation is 2. The minimum atomic E-state index is -0.326. The number of anilines is 1. The smallest absolute Gasteiger partial charge is 0.265 e. The predicted molar refractivity (Wildman–Crippen MR) is 105 cm³/mol. The Kier molecular flexibility index (Phi) is 5.76. The van der Waals surface area contributed by atoms with Crippen molar-refractivity contribution in [2.24, 2.45) is 0 Å². The zero-order chi connectivity index (χ0) is 19.4. The Morgan fingerprint density at radius 3 is 2.67 bits per heavy atom. The molecule has 1 amide bonds. The molecule has 140 valence electrons. The van der Waals surface area contributed by atoms with Crippen molar-refractivity contribution in [2.75, 3.05) is 12.4 Å². The van der Waals surface area contributed by atoms with E-state index in [1.807, 2.05) is 30.5 Å². The summed E-state index contributed by atoms with van der Waals surface area (Å²) in [6.07, 6.45) is 0. The van der Waals surface area contributed by atoms with E-state index >= 15 is 0 Å². The van der Waals surface area contributed by atoms with Gasteiger partial charge >= 0.3 is 0 Å². The van der Waals surface area contributed by atoms with E-state index in [2.05, 4.69) is 5.32 Å². The lowest BCUT2D eigenvalue weighted by Gasteiger charge is -2.10. The summed E-state index contributed by atoms with van der Waals surface area (Å²) in [7, 11) is 1.60. The van der Waals surface area contributed by atoms with Crippen LogP contribution in [0.25, 0.3) is 0 Å². The van der Waals surface area contributed by atoms with Crippen LogP contribution in [0.4, 0.5) is 10.1 Å². The van der Waals surface area contributed by atoms with Crippen molar-refractivity contribution < 1.29 is 18.7 Å². The Labute approximate surface area is 161 Å². The van der Waals surface area contributed by atoms with Gasteiger partial charge in [-0.1, -0.05) is 6.07 Å². The van der Waals surface area contributed by atoms with E-state index in [-0.39, 0.29) is 11.7 Å². The SMILES string of the molecule is COc1cc(C)ccc1OCc1csc(C(=O)Nc2ccc(F)cc2C)c1. The summed E-state index contributed by atoms with van der Waals surface area (Å²) in [6, 6.07) is 11.8. The fourth-order valence-electron chi connectivity index (χ4n) is 2.58. The van der Waals surface area contributed by atoms with E-state index in [0.29, 0.717) is 34.2 Å². The first-order valence-electron chi connectivity index (χ1n) is 8.38. The summed E-state index contributed by atoms with van der Waals surface area (Å²) in [4.78, 5) is 13.0. The molecule has 0 saturated heterocycles. The average molecular weight is 385 g/mol. The number of rotatable bonds is 6. The van der Waals surface area contributed by atoms with Crippen LogP contribution in [0.15, 0.2) is 47.8 Å². The molecule has 3 aromatic rings. The number of benzene rings is 2. The fourth-order valence-corrected chi connectivity index (χ4v) is 3.37. The highest BCUT2D eigenvalue weighted by Gasteiger charge is 2.12. The highest BCUT2D eigenvalue weighted by Crippen LogP contribution is 2.29. The minimum Gasteiger partial charge on any atom is -0.493 e. The Bertz CT molecular complexity index is 968. The van der Waals surface area contributed by atoms with Gasteiger partial charge in [0.15, 0.2) is 11.5 Å². The molecule has 1 N–H and O–H groups in total. The molecule has 4 nitrogen and oxygen atoms in total. The van der Waals surface area contributed by atoms with Gasteiger partial charge in [0, 0.05) is 11.3 Å². The van der Waals surface area contributed by atoms with Crippen molar-refractivity contribution in [1.82, 2.24) is 0 Å². The van der Waals surface area contributed by atoms with Crippen molar-refractivity contribution in [3.63, 3.8) is 0 Å². The summed E-state index contributed by atoms with van der Waals surface area (Å²) < 4.78 is 24.3. The van der Waals surface area contributed by atoms with Crippen molar-refractivity contribution >= 4 is 22.9 Å². The topological polar surface area (TPSA) is 47.6 Å². The third-order valence-electron chi connectivity index (χ3n) is 4.03. The van der Waals surface area contributed by atoms with E-state index in [1.165, 1.54) is 23.5 Å². The largest absolute Gasteiger partial charge is 0.493 e. The highest BCUT2D eigenvalue weighted by molar-refractivity contribution is 7.12. The maximum absolute atomic E-state index is 13.2. The number of thiophene rings is 1. The third kappa shape index (κ3) is 4.65. The zero-order valence-corrected chi connectivity index (χ0v) is 16.2. The van der Waals surface area contributed by atoms with Crippen molar-refractivity contribution in [1.29, 1.82) is 0 Å². The molecule has 0 fully saturated rings. The lowest BCUT2D eigenvalue weighted by Crippen LogP contribution is -2.11. The molecule has 0 radical (unpaired) electrons. The maximum atomic E-state index is 13.2. The first kappa shape index (κ1) is 18.9. The van der Waals surface area contributed by atoms with Crippen molar-refractivity contribution in [3.05, 3.63) is 75.2 Å². The molecule has 0 saturated carbocycles. The number of hydrogen-bond acceptors (Lipinski definition) is 4. The molecule has 0 atom stereocenters. The maximum Gasteiger partial charge on any atom is 0.265 e. The average Bonchev–Trinajstić information content (AvgIpc) is 3.12. The normalized spacial score (nSPS) is 10.5. The van der Waals surface area contributed by atoms with Gasteiger partial charge in [0.05, 0.1) is 12.0 Å². The number of methoxy groups -OCH3 is 1. The van der Waals surface area contributed by atoms with Crippen LogP contribution in [-0.2, 0) is 6.61 Å². The second-order valence-corrected chi connectivity index (χ2v) is 7.09. The Hall–Kier alpha value is -2.86. The zero-order valence-electron chi connectivity index (χ0n) is 15.3. The Balaban J connectivity index is 1.65. The van der Waals surface area contributed by atoms with Crippen LogP contribution < -0.4 is 14.8 Å². The standard InChI is InChI=1S/C21H20FNO3S/c1-13-4-7-18(19(8-13)25-3)26-11-15-10-20(27-12-15)21(24)23-17-6-5-16(22)9-14(17)2/h4-10,12H,11H2,1-3H3,(H,23,24). The van der Waals surface area contributed by atoms with Gasteiger partial charge in [0.25, 0.3) is 5.91 Å². The summed E-state index contributed by atoms with van der Waals surface area (Å²) >= 11 is 1.34. The monoisotopic (exact) mass is 385 g/mol. The number of halogens is 1. The number of nitrogens with one attached hydrogen (secondary N) is 1. The summed E-state index contributed by atoms with van der Waals surface area (Å²) in [5.41, 5.74) is 3.25. The number of carbonyl (C=O) groups excluding carboxylic acids is 1. The van der Waals surface area contributed by atoms with Crippen molar-refractivity contribution in [3.8, 4) is 11.5 Å². The van der Waals surface area contributed by atoms with Gasteiger partial charge in [-0.3, -0.25) is 4.79 Å². The van der Waals surface area contributed by atoms with Crippen LogP contribution in [0.5, 0.6) is 11.5 Å². The molecule has 0 spiro atoms. The lowest BCUT2D eigenvalue weighted by atomic mass is 10.2. The molecular formula is C21H20FNO3S. The molecule has 0 bridgehead atoms. The third-order valence-corrected chi connectivity index (χ3v) is 5.01.